The van der Waals surface area contributed by atoms with Crippen molar-refractivity contribution in [1.29, 1.82) is 0 Å². The number of rotatable bonds is 4. The van der Waals surface area contributed by atoms with Crippen molar-refractivity contribution in [2.45, 2.75) is 32.1 Å². The highest BCUT2D eigenvalue weighted by Crippen LogP contribution is 2.43. The zero-order valence-electron chi connectivity index (χ0n) is 17.8. The van der Waals surface area contributed by atoms with Gasteiger partial charge in [0, 0.05) is 47.0 Å². The molecule has 1 aromatic heterocycles. The van der Waals surface area contributed by atoms with E-state index in [1.54, 1.807) is 19.1 Å². The average molecular weight is 461 g/mol. The first-order valence-electron chi connectivity index (χ1n) is 10.6. The van der Waals surface area contributed by atoms with Crippen LogP contribution in [-0.2, 0) is 9.59 Å². The van der Waals surface area contributed by atoms with Crippen LogP contribution in [0.25, 0.3) is 10.2 Å². The second-order valence-corrected chi connectivity index (χ2v) is 9.09. The smallest absolute Gasteiger partial charge is 0.269 e. The Hall–Kier alpha value is -3.85. The molecule has 0 radical (unpaired) electrons. The lowest BCUT2D eigenvalue weighted by Crippen LogP contribution is -2.35. The van der Waals surface area contributed by atoms with Gasteiger partial charge in [0.15, 0.2) is 10.9 Å². The van der Waals surface area contributed by atoms with Crippen LogP contribution in [-0.4, -0.2) is 21.6 Å². The van der Waals surface area contributed by atoms with Gasteiger partial charge in [-0.2, -0.15) is 0 Å². The van der Waals surface area contributed by atoms with Gasteiger partial charge in [0.25, 0.3) is 11.6 Å². The summed E-state index contributed by atoms with van der Waals surface area (Å²) in [5, 5.41) is 18.0. The van der Waals surface area contributed by atoms with Gasteiger partial charge in [-0.25, -0.2) is 4.98 Å². The molecule has 166 valence electrons. The molecule has 2 heterocycles. The van der Waals surface area contributed by atoms with E-state index in [2.05, 4.69) is 15.6 Å². The Labute approximate surface area is 193 Å². The van der Waals surface area contributed by atoms with Gasteiger partial charge in [-0.1, -0.05) is 35.6 Å². The largest absolute Gasteiger partial charge is 0.362 e. The number of carbonyl (C=O) groups excluding carboxylic acids is 2. The lowest BCUT2D eigenvalue weighted by molar-refractivity contribution is -0.384. The van der Waals surface area contributed by atoms with Gasteiger partial charge in [-0.05, 0) is 37.5 Å². The summed E-state index contributed by atoms with van der Waals surface area (Å²) in [6.45, 7) is 1.79. The van der Waals surface area contributed by atoms with Crippen LogP contribution in [0.1, 0.15) is 37.7 Å². The molecular weight excluding hydrogens is 440 g/mol. The van der Waals surface area contributed by atoms with Crippen LogP contribution in [0, 0.1) is 10.1 Å². The van der Waals surface area contributed by atoms with Crippen LogP contribution in [0.15, 0.2) is 71.1 Å². The fraction of sp³-hybridized carbons (Fsp3) is 0.208. The summed E-state index contributed by atoms with van der Waals surface area (Å²) in [5.74, 6) is -1.12. The molecule has 2 N–H and O–H groups in total. The topological polar surface area (TPSA) is 114 Å². The lowest BCUT2D eigenvalue weighted by Gasteiger charge is -2.34. The van der Waals surface area contributed by atoms with E-state index in [1.807, 2.05) is 24.3 Å². The van der Waals surface area contributed by atoms with Crippen molar-refractivity contribution in [3.63, 3.8) is 0 Å². The number of nitro benzene ring substituents is 1. The first kappa shape index (κ1) is 21.0. The van der Waals surface area contributed by atoms with E-state index < -0.39 is 10.8 Å². The number of benzene rings is 2. The Morgan fingerprint density at radius 1 is 1.21 bits per heavy atom. The fourth-order valence-corrected chi connectivity index (χ4v) is 5.39. The van der Waals surface area contributed by atoms with Crippen molar-refractivity contribution >= 4 is 44.1 Å². The molecule has 33 heavy (non-hydrogen) atoms. The molecule has 9 heteroatoms. The minimum Gasteiger partial charge on any atom is -0.362 e. The minimum absolute atomic E-state index is 0.0435. The van der Waals surface area contributed by atoms with Gasteiger partial charge in [-0.15, -0.1) is 0 Å². The molecule has 3 aromatic rings. The highest BCUT2D eigenvalue weighted by Gasteiger charge is 2.39. The van der Waals surface area contributed by atoms with E-state index in [1.165, 1.54) is 23.5 Å². The molecular formula is C24H20N4O4S. The van der Waals surface area contributed by atoms with Gasteiger partial charge in [0.2, 0.25) is 0 Å². The zero-order valence-corrected chi connectivity index (χ0v) is 18.6. The van der Waals surface area contributed by atoms with E-state index in [4.69, 9.17) is 0 Å². The van der Waals surface area contributed by atoms with Gasteiger partial charge in [0.1, 0.15) is 0 Å². The van der Waals surface area contributed by atoms with Crippen LogP contribution < -0.4 is 10.6 Å². The van der Waals surface area contributed by atoms with Crippen LogP contribution >= 0.6 is 11.3 Å². The maximum absolute atomic E-state index is 13.5. The van der Waals surface area contributed by atoms with Gasteiger partial charge in [-0.3, -0.25) is 25.0 Å². The molecule has 0 unspecified atom stereocenters. The first-order valence-corrected chi connectivity index (χ1v) is 11.4. The summed E-state index contributed by atoms with van der Waals surface area (Å²) in [5.41, 5.74) is 3.54. The Bertz CT molecular complexity index is 1350. The quantitative estimate of drug-likeness (QED) is 0.427. The molecule has 0 spiro atoms. The number of nitrogens with one attached hydrogen (secondary N) is 2. The van der Waals surface area contributed by atoms with Crippen LogP contribution in [0.3, 0.4) is 0 Å². The summed E-state index contributed by atoms with van der Waals surface area (Å²) >= 11 is 1.36. The number of nitro groups is 1. The van der Waals surface area contributed by atoms with Crippen LogP contribution in [0.4, 0.5) is 10.8 Å². The second kappa shape index (κ2) is 8.25. The highest BCUT2D eigenvalue weighted by molar-refractivity contribution is 7.22. The monoisotopic (exact) mass is 460 g/mol. The van der Waals surface area contributed by atoms with Gasteiger partial charge < -0.3 is 5.32 Å². The van der Waals surface area contributed by atoms with Gasteiger partial charge in [0.05, 0.1) is 15.1 Å². The molecule has 0 bridgehead atoms. The number of para-hydroxylation sites is 1. The maximum Gasteiger partial charge on any atom is 0.269 e. The molecule has 0 saturated carbocycles. The number of fused-ring (bicyclic) bond motifs is 1. The summed E-state index contributed by atoms with van der Waals surface area (Å²) in [7, 11) is 0. The van der Waals surface area contributed by atoms with Gasteiger partial charge >= 0.3 is 0 Å². The van der Waals surface area contributed by atoms with Crippen molar-refractivity contribution in [3.8, 4) is 0 Å². The third-order valence-corrected chi connectivity index (χ3v) is 6.90. The molecule has 1 aliphatic heterocycles. The Morgan fingerprint density at radius 2 is 2.03 bits per heavy atom. The van der Waals surface area contributed by atoms with E-state index in [-0.39, 0.29) is 17.4 Å². The van der Waals surface area contributed by atoms with Crippen molar-refractivity contribution in [2.75, 3.05) is 5.32 Å². The average Bonchev–Trinajstić information content (AvgIpc) is 3.20. The third kappa shape index (κ3) is 3.80. The van der Waals surface area contributed by atoms with Crippen molar-refractivity contribution in [2.24, 2.45) is 0 Å². The lowest BCUT2D eigenvalue weighted by atomic mass is 9.75. The third-order valence-electron chi connectivity index (χ3n) is 5.95. The standard InChI is InChI=1S/C24H20N4O4S/c1-13-20(23(30)27-24-26-16-8-2-3-11-19(16)33-24)21(14-6-4-7-15(12-14)28(31)32)22-17(25-13)9-5-10-18(22)29/h2-4,6-8,11-12,21,25H,5,9-10H2,1H3,(H,26,27,30)/t21-/m0/s1. The molecule has 1 aliphatic carbocycles. The normalized spacial score (nSPS) is 18.2. The molecule has 5 rings (SSSR count). The van der Waals surface area contributed by atoms with Crippen molar-refractivity contribution < 1.29 is 14.5 Å². The molecule has 8 nitrogen and oxygen atoms in total. The number of carbonyl (C=O) groups is 2. The maximum atomic E-state index is 13.5. The number of nitrogens with zero attached hydrogens (tertiary/aromatic N) is 2. The van der Waals surface area contributed by atoms with E-state index in [0.717, 1.165) is 22.3 Å². The Kier molecular flexibility index (Phi) is 5.26. The van der Waals surface area contributed by atoms with Crippen molar-refractivity contribution in [1.82, 2.24) is 10.3 Å². The van der Waals surface area contributed by atoms with E-state index in [9.17, 15) is 19.7 Å². The first-order chi connectivity index (χ1) is 15.9. The second-order valence-electron chi connectivity index (χ2n) is 8.06. The number of Topliss-reactive ketones (excluding diaryl/α,β-unsaturated/α-hetero) is 1. The van der Waals surface area contributed by atoms with Crippen LogP contribution in [0.5, 0.6) is 0 Å². The van der Waals surface area contributed by atoms with E-state index >= 15 is 0 Å². The number of hydrogen-bond donors (Lipinski definition) is 2. The summed E-state index contributed by atoms with van der Waals surface area (Å²) in [4.78, 5) is 41.9. The number of thiazole rings is 1. The number of dihydropyridines is 1. The summed E-state index contributed by atoms with van der Waals surface area (Å²) in [6, 6.07) is 13.8. The predicted octanol–water partition coefficient (Wildman–Crippen LogP) is 4.81. The molecule has 0 saturated heterocycles. The number of ketones is 1. The molecule has 1 amide bonds. The molecule has 2 aromatic carbocycles. The molecule has 1 atom stereocenters. The number of hydrogen-bond acceptors (Lipinski definition) is 7. The Balaban J connectivity index is 1.59. The number of non-ortho nitro benzene ring substituents is 1. The Morgan fingerprint density at radius 3 is 2.82 bits per heavy atom. The number of amides is 1. The van der Waals surface area contributed by atoms with Crippen molar-refractivity contribution in [3.05, 3.63) is 86.7 Å². The number of aromatic nitrogens is 1. The SMILES string of the molecule is CC1=C(C(=O)Nc2nc3ccccc3s2)[C@H](c2cccc([N+](=O)[O-])c2)C2=C(CCCC2=O)N1. The summed E-state index contributed by atoms with van der Waals surface area (Å²) < 4.78 is 0.947. The van der Waals surface area contributed by atoms with Crippen LogP contribution in [0.2, 0.25) is 0 Å². The van der Waals surface area contributed by atoms with E-state index in [0.29, 0.717) is 40.4 Å². The predicted molar refractivity (Wildman–Crippen MR) is 126 cm³/mol. The fourth-order valence-electron chi connectivity index (χ4n) is 4.53. The molecule has 2 aliphatic rings. The number of allylic oxidation sites excluding steroid dienone is 3. The highest BCUT2D eigenvalue weighted by atomic mass is 32.1. The zero-order chi connectivity index (χ0) is 23.1. The number of anilines is 1. The summed E-state index contributed by atoms with van der Waals surface area (Å²) in [6.07, 6.45) is 1.81. The molecule has 0 fully saturated rings. The minimum atomic E-state index is -0.691.